The second-order valence-electron chi connectivity index (χ2n) is 14.7. The topological polar surface area (TPSA) is 0 Å². The van der Waals surface area contributed by atoms with E-state index in [9.17, 15) is 0 Å². The molecule has 8 rings (SSSR count). The van der Waals surface area contributed by atoms with E-state index in [0.29, 0.717) is 0 Å². The molecule has 0 atom stereocenters. The van der Waals surface area contributed by atoms with Crippen LogP contribution >= 0.6 is 0 Å². The summed E-state index contributed by atoms with van der Waals surface area (Å²) in [5.74, 6) is 0. The summed E-state index contributed by atoms with van der Waals surface area (Å²) < 4.78 is 1.41. The van der Waals surface area contributed by atoms with Gasteiger partial charge in [-0.2, -0.15) is 18.2 Å². The van der Waals surface area contributed by atoms with Crippen molar-refractivity contribution >= 4 is 46.3 Å². The fraction of sp³-hybridized carbons (Fsp3) is 0.170. The van der Waals surface area contributed by atoms with E-state index in [1.165, 1.54) is 92.8 Å². The van der Waals surface area contributed by atoms with Gasteiger partial charge in [-0.1, -0.05) is 76.9 Å². The smallest absolute Gasteiger partial charge is 0.172 e. The van der Waals surface area contributed by atoms with Crippen molar-refractivity contribution in [3.8, 4) is 0 Å². The molecular weight excluding hydrogens is 656 g/mol. The van der Waals surface area contributed by atoms with Crippen LogP contribution in [0.2, 0.25) is 0 Å². The number of hydrogen-bond acceptors (Lipinski definition) is 0. The fourth-order valence-electron chi connectivity index (χ4n) is 6.11. The summed E-state index contributed by atoms with van der Waals surface area (Å²) >= 11 is 1.44. The van der Waals surface area contributed by atoms with Crippen LogP contribution < -0.4 is 0 Å². The Balaban J connectivity index is 0.000000146. The van der Waals surface area contributed by atoms with E-state index in [1.807, 2.05) is 30.3 Å². The van der Waals surface area contributed by atoms with Crippen LogP contribution in [0.15, 0.2) is 158 Å². The van der Waals surface area contributed by atoms with Crippen molar-refractivity contribution in [1.82, 2.24) is 0 Å². The third kappa shape index (κ3) is 7.75. The van der Waals surface area contributed by atoms with Gasteiger partial charge in [0, 0.05) is 0 Å². The first-order valence-electron chi connectivity index (χ1n) is 16.9. The summed E-state index contributed by atoms with van der Waals surface area (Å²) in [6.07, 6.45) is 0. The third-order valence-corrected chi connectivity index (χ3v) is 10.5. The van der Waals surface area contributed by atoms with Crippen molar-refractivity contribution in [1.29, 1.82) is 0 Å². The SMILES string of the molecule is CC(C)(C)c1ccc2[cH-]c3ccc(C(C)(C)C)cc3c2c1.[Zr+2]=[C](c1ccc2ccccc2c1)c1ccc2ccccc2c1.c1cc[cH-]c1. The Hall–Kier alpha value is -4.19. The molecule has 0 bridgehead atoms. The number of fused-ring (bicyclic) bond motifs is 5. The molecule has 48 heavy (non-hydrogen) atoms. The van der Waals surface area contributed by atoms with Gasteiger partial charge in [0.2, 0.25) is 0 Å². The zero-order chi connectivity index (χ0) is 33.9. The van der Waals surface area contributed by atoms with Gasteiger partial charge in [-0.3, -0.25) is 0 Å². The maximum absolute atomic E-state index is 2.38. The molecule has 0 aliphatic carbocycles. The van der Waals surface area contributed by atoms with E-state index >= 15 is 0 Å². The predicted octanol–water partition coefficient (Wildman–Crippen LogP) is 12.8. The number of hydrogen-bond donors (Lipinski definition) is 0. The summed E-state index contributed by atoms with van der Waals surface area (Å²) in [5, 5.41) is 10.7. The summed E-state index contributed by atoms with van der Waals surface area (Å²) in [6.45, 7) is 13.7. The first-order chi connectivity index (χ1) is 23.0. The molecule has 236 valence electrons. The molecule has 0 saturated carbocycles. The Morgan fingerprint density at radius 3 is 1.25 bits per heavy atom. The van der Waals surface area contributed by atoms with Crippen LogP contribution in [0.4, 0.5) is 0 Å². The molecule has 0 unspecified atom stereocenters. The quantitative estimate of drug-likeness (QED) is 0.158. The molecule has 8 aromatic carbocycles. The Morgan fingerprint density at radius 1 is 0.458 bits per heavy atom. The summed E-state index contributed by atoms with van der Waals surface area (Å²) in [5.41, 5.74) is 5.85. The first-order valence-corrected chi connectivity index (χ1v) is 18.1. The largest absolute Gasteiger partial charge is 0.214 e. The molecule has 0 aliphatic heterocycles. The number of benzene rings is 6. The van der Waals surface area contributed by atoms with Gasteiger partial charge in [-0.25, -0.2) is 12.1 Å². The molecule has 0 N–H and O–H groups in total. The monoisotopic (exact) mass is 698 g/mol. The minimum atomic E-state index is 0.194. The van der Waals surface area contributed by atoms with Crippen molar-refractivity contribution in [3.05, 3.63) is 180 Å². The minimum Gasteiger partial charge on any atom is -0.214 e. The average Bonchev–Trinajstić information content (AvgIpc) is 3.79. The second kappa shape index (κ2) is 14.1. The molecule has 8 aromatic rings. The van der Waals surface area contributed by atoms with Crippen molar-refractivity contribution in [3.63, 3.8) is 0 Å². The number of rotatable bonds is 2. The van der Waals surface area contributed by atoms with Gasteiger partial charge in [-0.05, 0) is 10.8 Å². The van der Waals surface area contributed by atoms with Crippen LogP contribution in [0.5, 0.6) is 0 Å². The Kier molecular flexibility index (Phi) is 9.91. The Bertz CT molecular complexity index is 2150. The molecule has 0 fully saturated rings. The fourth-order valence-corrected chi connectivity index (χ4v) is 6.87. The zero-order valence-electron chi connectivity index (χ0n) is 29.0. The van der Waals surface area contributed by atoms with Gasteiger partial charge >= 0.3 is 145 Å². The van der Waals surface area contributed by atoms with E-state index in [2.05, 4.69) is 169 Å². The summed E-state index contributed by atoms with van der Waals surface area (Å²) in [4.78, 5) is 0. The van der Waals surface area contributed by atoms with Crippen molar-refractivity contribution in [2.24, 2.45) is 0 Å². The Morgan fingerprint density at radius 2 is 0.875 bits per heavy atom. The van der Waals surface area contributed by atoms with Crippen molar-refractivity contribution in [2.75, 3.05) is 0 Å². The molecule has 1 heteroatoms. The van der Waals surface area contributed by atoms with Gasteiger partial charge in [0.25, 0.3) is 0 Å². The Labute approximate surface area is 301 Å². The van der Waals surface area contributed by atoms with Crippen LogP contribution in [-0.2, 0) is 35.1 Å². The minimum absolute atomic E-state index is 0.194. The van der Waals surface area contributed by atoms with Crippen LogP contribution in [0.3, 0.4) is 0 Å². The van der Waals surface area contributed by atoms with Gasteiger partial charge in [-0.15, -0.1) is 39.7 Å². The van der Waals surface area contributed by atoms with Gasteiger partial charge in [0.05, 0.1) is 0 Å². The normalized spacial score (nSPS) is 11.7. The predicted molar refractivity (Wildman–Crippen MR) is 208 cm³/mol. The maximum atomic E-state index is 2.38. The van der Waals surface area contributed by atoms with Gasteiger partial charge in [0.15, 0.2) is 0 Å². The molecule has 0 spiro atoms. The second-order valence-corrected chi connectivity index (χ2v) is 15.9. The van der Waals surface area contributed by atoms with Gasteiger partial charge < -0.3 is 0 Å². The average molecular weight is 700 g/mol. The standard InChI is InChI=1S/C21H14.C21H25.C5H5.Zr/c1-3-7-20-14-16(9-11-18(20)5-1)13-17-10-12-19-6-2-4-8-21(19)15-17;1-20(2,3)16-9-7-14-11-15-8-10-17(21(4,5)6)13-19(15)18(14)12-16;1-2-4-5-3-1;/h1-12,14-15H;7-13H,1-6H3;1-5H;/q;2*-1;+2. The molecule has 0 saturated heterocycles. The van der Waals surface area contributed by atoms with E-state index in [1.54, 1.807) is 0 Å². The van der Waals surface area contributed by atoms with Crippen molar-refractivity contribution < 1.29 is 24.2 Å². The molecule has 0 amide bonds. The van der Waals surface area contributed by atoms with Crippen LogP contribution in [-0.4, -0.2) is 3.21 Å². The van der Waals surface area contributed by atoms with Crippen LogP contribution in [0.25, 0.3) is 43.1 Å². The van der Waals surface area contributed by atoms with Crippen LogP contribution in [0, 0.1) is 0 Å². The molecular formula is C47H44Zr. The van der Waals surface area contributed by atoms with Gasteiger partial charge in [0.1, 0.15) is 0 Å². The van der Waals surface area contributed by atoms with E-state index in [-0.39, 0.29) is 10.8 Å². The first kappa shape index (κ1) is 33.7. The third-order valence-electron chi connectivity index (χ3n) is 9.07. The molecule has 0 radical (unpaired) electrons. The molecule has 0 aliphatic rings. The van der Waals surface area contributed by atoms with E-state index < -0.39 is 0 Å². The maximum Gasteiger partial charge on any atom is -0.172 e. The van der Waals surface area contributed by atoms with Crippen molar-refractivity contribution in [2.45, 2.75) is 52.4 Å². The zero-order valence-corrected chi connectivity index (χ0v) is 31.5. The van der Waals surface area contributed by atoms with E-state index in [0.717, 1.165) is 0 Å². The van der Waals surface area contributed by atoms with Crippen LogP contribution in [0.1, 0.15) is 63.8 Å². The molecule has 0 aromatic heterocycles. The molecule has 0 heterocycles. The summed E-state index contributed by atoms with van der Waals surface area (Å²) in [6, 6.07) is 56.7. The summed E-state index contributed by atoms with van der Waals surface area (Å²) in [7, 11) is 0. The van der Waals surface area contributed by atoms with E-state index in [4.69, 9.17) is 0 Å². The molecule has 0 nitrogen and oxygen atoms in total.